The molecule has 1 aromatic heterocycles. The third-order valence-electron chi connectivity index (χ3n) is 2.08. The van der Waals surface area contributed by atoms with Crippen LogP contribution in [0, 0.1) is 0 Å². The highest BCUT2D eigenvalue weighted by Crippen LogP contribution is 2.28. The predicted molar refractivity (Wildman–Crippen MR) is 61.9 cm³/mol. The number of aromatic amines is 1. The quantitative estimate of drug-likeness (QED) is 0.725. The largest absolute Gasteiger partial charge is 0.399 e. The minimum atomic E-state index is -0.152. The fraction of sp³-hybridized carbons (Fsp3) is 0. The van der Waals surface area contributed by atoms with Crippen molar-refractivity contribution >= 4 is 17.3 Å². The van der Waals surface area contributed by atoms with Gasteiger partial charge in [0.05, 0.1) is 5.02 Å². The van der Waals surface area contributed by atoms with Crippen molar-refractivity contribution in [1.29, 1.82) is 0 Å². The molecular formula is C11H9ClN2O. The molecule has 0 aliphatic rings. The van der Waals surface area contributed by atoms with E-state index in [2.05, 4.69) is 4.98 Å². The summed E-state index contributed by atoms with van der Waals surface area (Å²) in [5, 5.41) is 0.542. The van der Waals surface area contributed by atoms with Crippen molar-refractivity contribution in [2.24, 2.45) is 0 Å². The second-order valence-electron chi connectivity index (χ2n) is 3.18. The number of hydrogen-bond donors (Lipinski definition) is 2. The number of nitrogens with one attached hydrogen (secondary N) is 1. The second-order valence-corrected chi connectivity index (χ2v) is 3.59. The lowest BCUT2D eigenvalue weighted by Crippen LogP contribution is -2.02. The number of pyridine rings is 1. The lowest BCUT2D eigenvalue weighted by molar-refractivity contribution is 1.24. The monoisotopic (exact) mass is 220 g/mol. The summed E-state index contributed by atoms with van der Waals surface area (Å²) < 4.78 is 0. The molecule has 0 aliphatic heterocycles. The Morgan fingerprint density at radius 1 is 1.20 bits per heavy atom. The van der Waals surface area contributed by atoms with E-state index in [1.165, 1.54) is 6.07 Å². The average molecular weight is 221 g/mol. The van der Waals surface area contributed by atoms with Crippen LogP contribution in [0.3, 0.4) is 0 Å². The van der Waals surface area contributed by atoms with Crippen molar-refractivity contribution in [3.05, 3.63) is 51.9 Å². The highest BCUT2D eigenvalue weighted by atomic mass is 35.5. The molecule has 15 heavy (non-hydrogen) atoms. The fourth-order valence-corrected chi connectivity index (χ4v) is 1.68. The zero-order valence-electron chi connectivity index (χ0n) is 7.83. The van der Waals surface area contributed by atoms with Crippen LogP contribution in [0.2, 0.25) is 5.02 Å². The number of nitrogen functional groups attached to an aromatic ring is 1. The van der Waals surface area contributed by atoms with Gasteiger partial charge in [-0.3, -0.25) is 4.79 Å². The van der Waals surface area contributed by atoms with Crippen LogP contribution in [0.15, 0.2) is 41.3 Å². The van der Waals surface area contributed by atoms with Crippen LogP contribution in [-0.4, -0.2) is 4.98 Å². The molecule has 3 nitrogen and oxygen atoms in total. The van der Waals surface area contributed by atoms with Gasteiger partial charge in [0.1, 0.15) is 0 Å². The molecule has 1 aromatic carbocycles. The van der Waals surface area contributed by atoms with Gasteiger partial charge < -0.3 is 10.7 Å². The lowest BCUT2D eigenvalue weighted by Gasteiger charge is -2.04. The van der Waals surface area contributed by atoms with Gasteiger partial charge in [0.25, 0.3) is 0 Å². The maximum Gasteiger partial charge on any atom is 0.248 e. The molecule has 76 valence electrons. The van der Waals surface area contributed by atoms with Crippen molar-refractivity contribution < 1.29 is 0 Å². The number of rotatable bonds is 1. The van der Waals surface area contributed by atoms with Crippen molar-refractivity contribution in [1.82, 2.24) is 4.98 Å². The Morgan fingerprint density at radius 2 is 2.00 bits per heavy atom. The first-order valence-electron chi connectivity index (χ1n) is 4.41. The molecule has 0 saturated carbocycles. The number of halogens is 1. The van der Waals surface area contributed by atoms with Crippen LogP contribution in [-0.2, 0) is 0 Å². The van der Waals surface area contributed by atoms with E-state index in [1.807, 2.05) is 0 Å². The summed E-state index contributed by atoms with van der Waals surface area (Å²) in [5.41, 5.74) is 7.62. The Labute approximate surface area is 91.5 Å². The van der Waals surface area contributed by atoms with Crippen molar-refractivity contribution in [3.63, 3.8) is 0 Å². The summed E-state index contributed by atoms with van der Waals surface area (Å²) in [4.78, 5) is 13.7. The van der Waals surface area contributed by atoms with E-state index >= 15 is 0 Å². The van der Waals surface area contributed by atoms with Crippen LogP contribution in [0.4, 0.5) is 5.69 Å². The molecule has 0 spiro atoms. The fourth-order valence-electron chi connectivity index (χ4n) is 1.38. The summed E-state index contributed by atoms with van der Waals surface area (Å²) in [6, 6.07) is 8.50. The first kappa shape index (κ1) is 9.80. The summed E-state index contributed by atoms with van der Waals surface area (Å²) >= 11 is 6.02. The van der Waals surface area contributed by atoms with E-state index in [9.17, 15) is 4.79 Å². The third kappa shape index (κ3) is 2.02. The Morgan fingerprint density at radius 3 is 2.67 bits per heavy atom. The highest BCUT2D eigenvalue weighted by Gasteiger charge is 2.03. The molecule has 2 aromatic rings. The number of benzene rings is 1. The number of hydrogen-bond acceptors (Lipinski definition) is 2. The summed E-state index contributed by atoms with van der Waals surface area (Å²) in [5.74, 6) is 0. The zero-order valence-corrected chi connectivity index (χ0v) is 8.58. The smallest absolute Gasteiger partial charge is 0.248 e. The van der Waals surface area contributed by atoms with Gasteiger partial charge in [-0.2, -0.15) is 0 Å². The molecule has 1 heterocycles. The summed E-state index contributed by atoms with van der Waals surface area (Å²) in [6.07, 6.45) is 1.59. The van der Waals surface area contributed by atoms with Crippen LogP contribution in [0.1, 0.15) is 0 Å². The van der Waals surface area contributed by atoms with E-state index in [-0.39, 0.29) is 5.56 Å². The van der Waals surface area contributed by atoms with Gasteiger partial charge in [-0.1, -0.05) is 17.7 Å². The number of nitrogens with two attached hydrogens (primary N) is 1. The maximum atomic E-state index is 11.1. The summed E-state index contributed by atoms with van der Waals surface area (Å²) in [7, 11) is 0. The third-order valence-corrected chi connectivity index (χ3v) is 2.39. The van der Waals surface area contributed by atoms with Crippen LogP contribution in [0.5, 0.6) is 0 Å². The van der Waals surface area contributed by atoms with Gasteiger partial charge in [0, 0.05) is 23.5 Å². The van der Waals surface area contributed by atoms with Crippen LogP contribution >= 0.6 is 11.6 Å². The van der Waals surface area contributed by atoms with E-state index < -0.39 is 0 Å². The maximum absolute atomic E-state index is 11.1. The Bertz CT molecular complexity index is 548. The Balaban J connectivity index is 2.59. The lowest BCUT2D eigenvalue weighted by atomic mass is 10.1. The number of anilines is 1. The molecule has 0 radical (unpaired) electrons. The zero-order chi connectivity index (χ0) is 10.8. The number of aromatic nitrogens is 1. The Hall–Kier alpha value is -1.74. The first-order valence-corrected chi connectivity index (χ1v) is 4.79. The summed E-state index contributed by atoms with van der Waals surface area (Å²) in [6.45, 7) is 0. The van der Waals surface area contributed by atoms with Gasteiger partial charge in [-0.15, -0.1) is 0 Å². The molecule has 0 unspecified atom stereocenters. The van der Waals surface area contributed by atoms with Gasteiger partial charge in [-0.05, 0) is 23.8 Å². The van der Waals surface area contributed by atoms with E-state index in [1.54, 1.807) is 30.5 Å². The first-order chi connectivity index (χ1) is 7.16. The topological polar surface area (TPSA) is 58.9 Å². The molecule has 0 saturated heterocycles. The molecule has 2 rings (SSSR count). The van der Waals surface area contributed by atoms with Crippen molar-refractivity contribution in [2.45, 2.75) is 0 Å². The number of H-pyrrole nitrogens is 1. The minimum absolute atomic E-state index is 0.152. The minimum Gasteiger partial charge on any atom is -0.399 e. The molecule has 3 N–H and O–H groups in total. The molecule has 0 amide bonds. The van der Waals surface area contributed by atoms with E-state index in [4.69, 9.17) is 17.3 Å². The molecule has 0 atom stereocenters. The average Bonchev–Trinajstić information content (AvgIpc) is 2.17. The van der Waals surface area contributed by atoms with Crippen LogP contribution < -0.4 is 11.3 Å². The molecule has 4 heteroatoms. The second kappa shape index (κ2) is 3.79. The molecule has 0 aliphatic carbocycles. The molecule has 0 fully saturated rings. The van der Waals surface area contributed by atoms with Gasteiger partial charge in [-0.25, -0.2) is 0 Å². The van der Waals surface area contributed by atoms with Gasteiger partial charge in [0.15, 0.2) is 0 Å². The van der Waals surface area contributed by atoms with Crippen molar-refractivity contribution in [3.8, 4) is 11.1 Å². The van der Waals surface area contributed by atoms with Crippen LogP contribution in [0.25, 0.3) is 11.1 Å². The predicted octanol–water partition coefficient (Wildman–Crippen LogP) is 2.28. The highest BCUT2D eigenvalue weighted by molar-refractivity contribution is 6.33. The SMILES string of the molecule is Nc1ccc(-c2cc[nH]c(=O)c2)c(Cl)c1. The van der Waals surface area contributed by atoms with Gasteiger partial charge in [0.2, 0.25) is 5.56 Å². The molecule has 0 bridgehead atoms. The van der Waals surface area contributed by atoms with E-state index in [0.717, 1.165) is 11.1 Å². The standard InChI is InChI=1S/C11H9ClN2O/c12-10-6-8(13)1-2-9(10)7-3-4-14-11(15)5-7/h1-6H,13H2,(H,14,15). The van der Waals surface area contributed by atoms with E-state index in [0.29, 0.717) is 10.7 Å². The van der Waals surface area contributed by atoms with Gasteiger partial charge >= 0.3 is 0 Å². The Kier molecular flexibility index (Phi) is 2.47. The normalized spacial score (nSPS) is 10.2. The van der Waals surface area contributed by atoms with Crippen molar-refractivity contribution in [2.75, 3.05) is 5.73 Å². The molecular weight excluding hydrogens is 212 g/mol.